The first-order chi connectivity index (χ1) is 16.9. The van der Waals surface area contributed by atoms with Gasteiger partial charge in [0.25, 0.3) is 0 Å². The minimum Gasteiger partial charge on any atom is -0.504 e. The van der Waals surface area contributed by atoms with E-state index in [0.29, 0.717) is 5.56 Å². The van der Waals surface area contributed by atoms with E-state index >= 15 is 0 Å². The molecule has 0 spiro atoms. The van der Waals surface area contributed by atoms with E-state index in [1.807, 2.05) is 0 Å². The second kappa shape index (κ2) is 9.97. The van der Waals surface area contributed by atoms with Crippen LogP contribution in [0.3, 0.4) is 0 Å². The van der Waals surface area contributed by atoms with Gasteiger partial charge in [-0.3, -0.25) is 9.59 Å². The Bertz CT molecular complexity index is 1190. The Hall–Kier alpha value is -3.54. The molecular weight excluding hydrogens is 360 g/mol. The molecule has 0 saturated carbocycles. The van der Waals surface area contributed by atoms with Gasteiger partial charge >= 0.3 is 0 Å². The van der Waals surface area contributed by atoms with Gasteiger partial charge in [-0.05, 0) is 47.5 Å². The van der Waals surface area contributed by atoms with Gasteiger partial charge in [0.15, 0.2) is 34.6 Å². The van der Waals surface area contributed by atoms with Crippen molar-refractivity contribution in [2.45, 2.75) is 6.42 Å². The first kappa shape index (κ1) is 11.3. The number of ether oxygens (including phenoxy) is 3. The third-order valence-electron chi connectivity index (χ3n) is 3.55. The summed E-state index contributed by atoms with van der Waals surface area (Å²) >= 11 is 0. The molecule has 6 heteroatoms. The van der Waals surface area contributed by atoms with E-state index in [1.165, 1.54) is 48.6 Å². The Morgan fingerprint density at radius 2 is 1.39 bits per heavy atom. The van der Waals surface area contributed by atoms with Gasteiger partial charge in [0.1, 0.15) is 0 Å². The molecule has 0 radical (unpaired) electrons. The number of hydrogen-bond acceptors (Lipinski definition) is 6. The molecule has 0 aliphatic heterocycles. The fourth-order valence-corrected chi connectivity index (χ4v) is 2.18. The second-order valence-electron chi connectivity index (χ2n) is 5.52. The normalized spacial score (nSPS) is 17.1. The Labute approximate surface area is 176 Å². The van der Waals surface area contributed by atoms with Crippen LogP contribution in [0.5, 0.6) is 23.0 Å². The van der Waals surface area contributed by atoms with Gasteiger partial charge in [0.05, 0.1) is 39.9 Å². The van der Waals surface area contributed by atoms with Crippen LogP contribution in [0.15, 0.2) is 48.6 Å². The van der Waals surface area contributed by atoms with E-state index in [1.54, 1.807) is 0 Å². The minimum atomic E-state index is -2.89. The van der Waals surface area contributed by atoms with Gasteiger partial charge in [-0.2, -0.15) is 0 Å². The number of methoxy groups -OCH3 is 3. The molecule has 2 aromatic rings. The summed E-state index contributed by atoms with van der Waals surface area (Å²) in [6, 6.07) is 7.52. The second-order valence-corrected chi connectivity index (χ2v) is 5.52. The molecule has 28 heavy (non-hydrogen) atoms. The molecule has 0 bridgehead atoms. The number of benzene rings is 2. The van der Waals surface area contributed by atoms with E-state index in [0.717, 1.165) is 12.2 Å². The Kier molecular flexibility index (Phi) is 4.03. The average Bonchev–Trinajstić information content (AvgIpc) is 2.71. The lowest BCUT2D eigenvalue weighted by atomic mass is 10.1. The molecule has 0 amide bonds. The van der Waals surface area contributed by atoms with Crippen LogP contribution in [0.25, 0.3) is 12.2 Å². The maximum atomic E-state index is 12.2. The number of aromatic hydroxyl groups is 1. The van der Waals surface area contributed by atoms with Gasteiger partial charge in [0, 0.05) is 0 Å². The zero-order chi connectivity index (χ0) is 28.0. The Balaban J connectivity index is 2.08. The highest BCUT2D eigenvalue weighted by atomic mass is 16.5. The number of hydrogen-bond donors (Lipinski definition) is 1. The maximum absolute atomic E-state index is 12.2. The number of ketones is 2. The average molecular weight is 391 g/mol. The van der Waals surface area contributed by atoms with E-state index < -0.39 is 44.9 Å². The SMILES string of the molecule is [2H]C([2H])([2H])Oc1cc(C=CC(=O)CC(=O)C=Cc2ccc(OC([2H])([2H])[2H])c(OC([2H])([2H])[2H])c2)ccc1O. The molecule has 1 N–H and O–H groups in total. The fourth-order valence-electron chi connectivity index (χ4n) is 2.18. The van der Waals surface area contributed by atoms with E-state index in [2.05, 4.69) is 4.74 Å². The van der Waals surface area contributed by atoms with Crippen LogP contribution >= 0.6 is 0 Å². The molecule has 6 nitrogen and oxygen atoms in total. The Morgan fingerprint density at radius 1 is 0.857 bits per heavy atom. The molecule has 0 fully saturated rings. The van der Waals surface area contributed by atoms with Gasteiger partial charge < -0.3 is 19.3 Å². The molecule has 0 atom stereocenters. The number of rotatable bonds is 9. The van der Waals surface area contributed by atoms with E-state index in [9.17, 15) is 14.7 Å². The maximum Gasteiger partial charge on any atom is 0.163 e. The third kappa shape index (κ3) is 5.74. The number of allylic oxidation sites excluding steroid dienone is 2. The summed E-state index contributed by atoms with van der Waals surface area (Å²) in [5, 5.41) is 9.70. The summed E-state index contributed by atoms with van der Waals surface area (Å²) in [5.74, 6) is -2.57. The number of phenols is 1. The lowest BCUT2D eigenvalue weighted by Crippen LogP contribution is -2.01. The van der Waals surface area contributed by atoms with Gasteiger partial charge in [-0.15, -0.1) is 0 Å². The third-order valence-corrected chi connectivity index (χ3v) is 3.55. The lowest BCUT2D eigenvalue weighted by molar-refractivity contribution is -0.121. The molecule has 0 aromatic heterocycles. The zero-order valence-corrected chi connectivity index (χ0v) is 14.5. The van der Waals surface area contributed by atoms with Crippen molar-refractivity contribution in [3.05, 3.63) is 59.7 Å². The molecule has 0 unspecified atom stereocenters. The van der Waals surface area contributed by atoms with Crippen LogP contribution < -0.4 is 14.2 Å². The van der Waals surface area contributed by atoms with Crippen molar-refractivity contribution in [1.29, 1.82) is 0 Å². The van der Waals surface area contributed by atoms with Gasteiger partial charge in [0.2, 0.25) is 0 Å². The summed E-state index contributed by atoms with van der Waals surface area (Å²) in [5.41, 5.74) is 0.619. The van der Waals surface area contributed by atoms with Crippen LogP contribution in [0.2, 0.25) is 0 Å². The fraction of sp³-hybridized carbons (Fsp3) is 0.182. The summed E-state index contributed by atoms with van der Waals surface area (Å²) in [4.78, 5) is 24.3. The number of carbonyl (C=O) groups excluding carboxylic acids is 2. The highest BCUT2D eigenvalue weighted by Gasteiger charge is 2.06. The van der Waals surface area contributed by atoms with Crippen LogP contribution in [-0.4, -0.2) is 37.8 Å². The largest absolute Gasteiger partial charge is 0.504 e. The first-order valence-corrected chi connectivity index (χ1v) is 7.86. The highest BCUT2D eigenvalue weighted by Crippen LogP contribution is 2.28. The molecule has 0 aliphatic rings. The Morgan fingerprint density at radius 3 is 2.04 bits per heavy atom. The van der Waals surface area contributed by atoms with Crippen molar-refractivity contribution in [3.63, 3.8) is 0 Å². The summed E-state index contributed by atoms with van der Waals surface area (Å²) in [6.07, 6.45) is 4.26. The minimum absolute atomic E-state index is 0.277. The smallest absolute Gasteiger partial charge is 0.163 e. The van der Waals surface area contributed by atoms with Crippen molar-refractivity contribution in [3.8, 4) is 23.0 Å². The molecule has 146 valence electrons. The van der Waals surface area contributed by atoms with Crippen molar-refractivity contribution in [2.24, 2.45) is 0 Å². The summed E-state index contributed by atoms with van der Waals surface area (Å²) in [7, 11) is -8.52. The van der Waals surface area contributed by atoms with Crippen LogP contribution in [-0.2, 0) is 9.59 Å². The lowest BCUT2D eigenvalue weighted by Gasteiger charge is -2.07. The van der Waals surface area contributed by atoms with Crippen LogP contribution in [0, 0.1) is 0 Å². The zero-order valence-electron chi connectivity index (χ0n) is 23.5. The van der Waals surface area contributed by atoms with Crippen molar-refractivity contribution >= 4 is 23.7 Å². The first-order valence-electron chi connectivity index (χ1n) is 12.4. The summed E-state index contributed by atoms with van der Waals surface area (Å²) < 4.78 is 78.7. The topological polar surface area (TPSA) is 82.1 Å². The van der Waals surface area contributed by atoms with Crippen LogP contribution in [0.1, 0.15) is 29.9 Å². The monoisotopic (exact) mass is 391 g/mol. The predicted octanol–water partition coefficient (Wildman–Crippen LogP) is 3.67. The molecule has 0 aliphatic carbocycles. The molecule has 0 heterocycles. The molecule has 2 rings (SSSR count). The number of phenolic OH excluding ortho intramolecular Hbond substituents is 1. The summed E-state index contributed by atoms with van der Waals surface area (Å²) in [6.45, 7) is 0. The molecular formula is C22H22O6. The molecule has 2 aromatic carbocycles. The van der Waals surface area contributed by atoms with E-state index in [4.69, 9.17) is 21.8 Å². The number of carbonyl (C=O) groups is 2. The van der Waals surface area contributed by atoms with Crippen molar-refractivity contribution < 1.29 is 41.2 Å². The molecule has 0 saturated heterocycles. The van der Waals surface area contributed by atoms with Gasteiger partial charge in [-0.25, -0.2) is 0 Å². The van der Waals surface area contributed by atoms with Crippen molar-refractivity contribution in [2.75, 3.05) is 21.1 Å². The standard InChI is InChI=1S/C22H22O6/c1-26-20-11-7-16(13-22(20)28-3)5-9-18(24)14-17(23)8-4-15-6-10-19(25)21(12-15)27-2/h4-13,25H,14H2,1-3H3/i1D3,2D3,3D3. The van der Waals surface area contributed by atoms with Gasteiger partial charge in [-0.1, -0.05) is 24.3 Å². The quantitative estimate of drug-likeness (QED) is 0.519. The van der Waals surface area contributed by atoms with E-state index in [-0.39, 0.29) is 22.8 Å². The highest BCUT2D eigenvalue weighted by molar-refractivity contribution is 6.10. The predicted molar refractivity (Wildman–Crippen MR) is 107 cm³/mol. The van der Waals surface area contributed by atoms with Crippen LogP contribution in [0.4, 0.5) is 0 Å². The van der Waals surface area contributed by atoms with Crippen molar-refractivity contribution in [1.82, 2.24) is 0 Å².